The molecule has 2 aromatic carbocycles. The second kappa shape index (κ2) is 8.20. The third kappa shape index (κ3) is 5.06. The molecule has 0 radical (unpaired) electrons. The Kier molecular flexibility index (Phi) is 6.20. The zero-order valence-electron chi connectivity index (χ0n) is 14.4. The van der Waals surface area contributed by atoms with Crippen LogP contribution >= 0.6 is 12.2 Å². The monoisotopic (exact) mass is 408 g/mol. The SMILES string of the molecule is CN(C)S(=O)(=O)c1ccc(NC(=S)NC(=O)c2ccc([N+](=O)[O-])cc2)cc1. The number of carbonyl (C=O) groups excluding carboxylic acids is 1. The molecule has 0 heterocycles. The summed E-state index contributed by atoms with van der Waals surface area (Å²) in [6.07, 6.45) is 0. The predicted molar refractivity (Wildman–Crippen MR) is 104 cm³/mol. The van der Waals surface area contributed by atoms with Gasteiger partial charge in [0.15, 0.2) is 5.11 Å². The maximum atomic E-state index is 12.1. The molecular weight excluding hydrogens is 392 g/mol. The molecule has 11 heteroatoms. The first-order valence-corrected chi connectivity index (χ1v) is 9.35. The Morgan fingerprint density at radius 2 is 1.63 bits per heavy atom. The third-order valence-corrected chi connectivity index (χ3v) is 5.49. The van der Waals surface area contributed by atoms with Crippen LogP contribution in [0.4, 0.5) is 11.4 Å². The van der Waals surface area contributed by atoms with Crippen molar-refractivity contribution in [3.63, 3.8) is 0 Å². The molecule has 0 saturated heterocycles. The minimum atomic E-state index is -3.53. The molecule has 0 spiro atoms. The number of nitro benzene ring substituents is 1. The first kappa shape index (κ1) is 20.4. The van der Waals surface area contributed by atoms with Crippen molar-refractivity contribution in [1.82, 2.24) is 9.62 Å². The van der Waals surface area contributed by atoms with Crippen LogP contribution in [0.2, 0.25) is 0 Å². The Balaban J connectivity index is 2.01. The highest BCUT2D eigenvalue weighted by atomic mass is 32.2. The molecule has 0 aliphatic rings. The normalized spacial score (nSPS) is 11.1. The first-order valence-electron chi connectivity index (χ1n) is 7.50. The van der Waals surface area contributed by atoms with Gasteiger partial charge in [0.2, 0.25) is 10.0 Å². The largest absolute Gasteiger partial charge is 0.332 e. The fraction of sp³-hybridized carbons (Fsp3) is 0.125. The van der Waals surface area contributed by atoms with Crippen LogP contribution in [0, 0.1) is 10.1 Å². The van der Waals surface area contributed by atoms with Gasteiger partial charge in [-0.2, -0.15) is 0 Å². The maximum absolute atomic E-state index is 12.1. The molecule has 2 N–H and O–H groups in total. The molecule has 0 saturated carbocycles. The van der Waals surface area contributed by atoms with Crippen molar-refractivity contribution >= 4 is 44.6 Å². The zero-order valence-corrected chi connectivity index (χ0v) is 16.0. The summed E-state index contributed by atoms with van der Waals surface area (Å²) in [5, 5.41) is 15.8. The summed E-state index contributed by atoms with van der Waals surface area (Å²) < 4.78 is 25.1. The van der Waals surface area contributed by atoms with E-state index < -0.39 is 20.9 Å². The van der Waals surface area contributed by atoms with Gasteiger partial charge in [-0.3, -0.25) is 20.2 Å². The van der Waals surface area contributed by atoms with Crippen LogP contribution < -0.4 is 10.6 Å². The number of hydrogen-bond acceptors (Lipinski definition) is 6. The van der Waals surface area contributed by atoms with Crippen molar-refractivity contribution in [2.75, 3.05) is 19.4 Å². The third-order valence-electron chi connectivity index (χ3n) is 3.46. The number of amides is 1. The fourth-order valence-corrected chi connectivity index (χ4v) is 3.11. The number of anilines is 1. The summed E-state index contributed by atoms with van der Waals surface area (Å²) >= 11 is 5.05. The molecule has 142 valence electrons. The van der Waals surface area contributed by atoms with E-state index in [2.05, 4.69) is 10.6 Å². The predicted octanol–water partition coefficient (Wildman–Crippen LogP) is 1.97. The van der Waals surface area contributed by atoms with Crippen LogP contribution in [0.3, 0.4) is 0 Å². The molecule has 0 fully saturated rings. The Bertz CT molecular complexity index is 971. The van der Waals surface area contributed by atoms with Crippen molar-refractivity contribution in [2.45, 2.75) is 4.90 Å². The Labute approximate surface area is 161 Å². The number of carbonyl (C=O) groups is 1. The van der Waals surface area contributed by atoms with Gasteiger partial charge < -0.3 is 5.32 Å². The molecule has 0 aliphatic carbocycles. The van der Waals surface area contributed by atoms with E-state index in [0.717, 1.165) is 4.31 Å². The number of nitro groups is 1. The Morgan fingerprint density at radius 3 is 2.11 bits per heavy atom. The summed E-state index contributed by atoms with van der Waals surface area (Å²) in [6, 6.07) is 10.9. The highest BCUT2D eigenvalue weighted by Gasteiger charge is 2.17. The number of sulfonamides is 1. The fourth-order valence-electron chi connectivity index (χ4n) is 1.99. The van der Waals surface area contributed by atoms with Gasteiger partial charge in [0.1, 0.15) is 0 Å². The minimum Gasteiger partial charge on any atom is -0.332 e. The van der Waals surface area contributed by atoms with Gasteiger partial charge >= 0.3 is 0 Å². The number of thiocarbonyl (C=S) groups is 1. The highest BCUT2D eigenvalue weighted by molar-refractivity contribution is 7.89. The molecule has 1 amide bonds. The van der Waals surface area contributed by atoms with E-state index in [1.165, 1.54) is 62.6 Å². The Morgan fingerprint density at radius 1 is 1.07 bits per heavy atom. The van der Waals surface area contributed by atoms with E-state index in [1.54, 1.807) is 0 Å². The van der Waals surface area contributed by atoms with Crippen molar-refractivity contribution in [1.29, 1.82) is 0 Å². The zero-order chi connectivity index (χ0) is 20.2. The van der Waals surface area contributed by atoms with E-state index in [4.69, 9.17) is 12.2 Å². The van der Waals surface area contributed by atoms with Crippen LogP contribution in [-0.2, 0) is 10.0 Å². The smallest absolute Gasteiger partial charge is 0.269 e. The molecule has 2 aromatic rings. The van der Waals surface area contributed by atoms with Crippen LogP contribution in [-0.4, -0.2) is 42.8 Å². The molecular formula is C16H16N4O5S2. The summed E-state index contributed by atoms with van der Waals surface area (Å²) in [6.45, 7) is 0. The van der Waals surface area contributed by atoms with Gasteiger partial charge in [-0.15, -0.1) is 0 Å². The van der Waals surface area contributed by atoms with E-state index in [0.29, 0.717) is 5.69 Å². The minimum absolute atomic E-state index is 0.00145. The summed E-state index contributed by atoms with van der Waals surface area (Å²) in [5.74, 6) is -0.533. The lowest BCUT2D eigenvalue weighted by atomic mass is 10.2. The van der Waals surface area contributed by atoms with Crippen molar-refractivity contribution in [3.8, 4) is 0 Å². The average molecular weight is 408 g/mol. The Hall–Kier alpha value is -2.89. The number of hydrogen-bond donors (Lipinski definition) is 2. The molecule has 0 unspecified atom stereocenters. The van der Waals surface area contributed by atoms with Gasteiger partial charge in [-0.25, -0.2) is 12.7 Å². The van der Waals surface area contributed by atoms with Gasteiger partial charge in [0.05, 0.1) is 9.82 Å². The van der Waals surface area contributed by atoms with E-state index in [1.807, 2.05) is 0 Å². The molecule has 0 bridgehead atoms. The average Bonchev–Trinajstić information content (AvgIpc) is 2.62. The van der Waals surface area contributed by atoms with Gasteiger partial charge in [-0.05, 0) is 48.6 Å². The molecule has 0 aromatic heterocycles. The molecule has 0 atom stereocenters. The van der Waals surface area contributed by atoms with Crippen molar-refractivity contribution in [2.24, 2.45) is 0 Å². The van der Waals surface area contributed by atoms with Crippen molar-refractivity contribution < 1.29 is 18.1 Å². The number of rotatable bonds is 5. The lowest BCUT2D eigenvalue weighted by molar-refractivity contribution is -0.384. The number of benzene rings is 2. The summed E-state index contributed by atoms with van der Waals surface area (Å²) in [7, 11) is -0.662. The van der Waals surface area contributed by atoms with E-state index >= 15 is 0 Å². The number of nitrogens with zero attached hydrogens (tertiary/aromatic N) is 2. The van der Waals surface area contributed by atoms with Crippen LogP contribution in [0.1, 0.15) is 10.4 Å². The maximum Gasteiger partial charge on any atom is 0.269 e. The van der Waals surface area contributed by atoms with Crippen LogP contribution in [0.5, 0.6) is 0 Å². The van der Waals surface area contributed by atoms with Crippen molar-refractivity contribution in [3.05, 3.63) is 64.2 Å². The first-order chi connectivity index (χ1) is 12.6. The molecule has 0 aliphatic heterocycles. The van der Waals surface area contributed by atoms with Gasteiger partial charge in [0, 0.05) is 37.5 Å². The van der Waals surface area contributed by atoms with E-state index in [-0.39, 0.29) is 21.3 Å². The second-order valence-corrected chi connectivity index (χ2v) is 8.08. The quantitative estimate of drug-likeness (QED) is 0.441. The summed E-state index contributed by atoms with van der Waals surface area (Å²) in [4.78, 5) is 22.3. The number of nitrogens with one attached hydrogen (secondary N) is 2. The highest BCUT2D eigenvalue weighted by Crippen LogP contribution is 2.16. The lowest BCUT2D eigenvalue weighted by Crippen LogP contribution is -2.34. The standard InChI is InChI=1S/C16H16N4O5S2/c1-19(2)27(24,25)14-9-5-12(6-10-14)17-16(26)18-15(21)11-3-7-13(8-4-11)20(22)23/h3-10H,1-2H3,(H2,17,18,21,26). The molecule has 2 rings (SSSR count). The van der Waals surface area contributed by atoms with Gasteiger partial charge in [0.25, 0.3) is 11.6 Å². The van der Waals surface area contributed by atoms with Crippen LogP contribution in [0.25, 0.3) is 0 Å². The van der Waals surface area contributed by atoms with E-state index in [9.17, 15) is 23.3 Å². The van der Waals surface area contributed by atoms with Crippen LogP contribution in [0.15, 0.2) is 53.4 Å². The second-order valence-electron chi connectivity index (χ2n) is 5.52. The van der Waals surface area contributed by atoms with Gasteiger partial charge in [-0.1, -0.05) is 0 Å². The molecule has 27 heavy (non-hydrogen) atoms. The summed E-state index contributed by atoms with van der Waals surface area (Å²) in [5.41, 5.74) is 0.568. The lowest BCUT2D eigenvalue weighted by Gasteiger charge is -2.13. The topological polar surface area (TPSA) is 122 Å². The molecule has 9 nitrogen and oxygen atoms in total. The number of non-ortho nitro benzene ring substituents is 1.